The monoisotopic (exact) mass is 374 g/mol. The van der Waals surface area contributed by atoms with Gasteiger partial charge in [-0.05, 0) is 31.4 Å². The molecule has 25 heavy (non-hydrogen) atoms. The molecule has 0 aliphatic heterocycles. The van der Waals surface area contributed by atoms with Crippen molar-refractivity contribution in [2.75, 3.05) is 13.1 Å². The molecule has 0 aliphatic rings. The number of rotatable bonds is 6. The molecule has 3 N–H and O–H groups in total. The highest BCUT2D eigenvalue weighted by Gasteiger charge is 2.12. The number of nitrogens with zero attached hydrogens (tertiary/aromatic N) is 2. The summed E-state index contributed by atoms with van der Waals surface area (Å²) in [5, 5.41) is 19.1. The van der Waals surface area contributed by atoms with Gasteiger partial charge < -0.3 is 15.7 Å². The lowest BCUT2D eigenvalue weighted by atomic mass is 10.2. The van der Waals surface area contributed by atoms with Crippen LogP contribution in [0.5, 0.6) is 0 Å². The molecular weight excluding hydrogens is 352 g/mol. The average Bonchev–Trinajstić information content (AvgIpc) is 3.23. The molecule has 3 rings (SSSR count). The predicted molar refractivity (Wildman–Crippen MR) is 106 cm³/mol. The van der Waals surface area contributed by atoms with Crippen LogP contribution in [-0.2, 0) is 6.54 Å². The van der Waals surface area contributed by atoms with Crippen molar-refractivity contribution < 1.29 is 5.11 Å². The standard InChI is InChI=1S/C18H22N4OS2/c1-3-19-18(21-10-14-9-20-12(2)24-14)22-11-15(23)17-8-13-6-4-5-7-16(13)25-17/h4-9,15,23H,3,10-11H2,1-2H3,(H2,19,21,22). The van der Waals surface area contributed by atoms with Crippen molar-refractivity contribution in [3.05, 3.63) is 51.3 Å². The van der Waals surface area contributed by atoms with Crippen LogP contribution >= 0.6 is 22.7 Å². The van der Waals surface area contributed by atoms with Gasteiger partial charge in [0, 0.05) is 33.7 Å². The van der Waals surface area contributed by atoms with Gasteiger partial charge in [0.15, 0.2) is 5.96 Å². The second-order valence-corrected chi connectivity index (χ2v) is 8.06. The number of nitrogens with one attached hydrogen (secondary N) is 2. The van der Waals surface area contributed by atoms with Crippen LogP contribution in [0.3, 0.4) is 0 Å². The molecule has 0 aliphatic carbocycles. The first-order valence-electron chi connectivity index (χ1n) is 8.25. The molecule has 0 fully saturated rings. The molecule has 1 aromatic carbocycles. The highest BCUT2D eigenvalue weighted by atomic mass is 32.1. The van der Waals surface area contributed by atoms with Gasteiger partial charge in [-0.1, -0.05) is 18.2 Å². The van der Waals surface area contributed by atoms with E-state index in [4.69, 9.17) is 0 Å². The fourth-order valence-corrected chi connectivity index (χ4v) is 4.21. The maximum atomic E-state index is 10.5. The number of hydrogen-bond donors (Lipinski definition) is 3. The third-order valence-corrected chi connectivity index (χ3v) is 5.76. The normalized spacial score (nSPS) is 13.2. The van der Waals surface area contributed by atoms with Gasteiger partial charge in [0.1, 0.15) is 6.10 Å². The number of thiazole rings is 1. The van der Waals surface area contributed by atoms with Crippen molar-refractivity contribution in [3.63, 3.8) is 0 Å². The zero-order valence-electron chi connectivity index (χ0n) is 14.3. The first-order valence-corrected chi connectivity index (χ1v) is 9.89. The Morgan fingerprint density at radius 1 is 1.28 bits per heavy atom. The maximum Gasteiger partial charge on any atom is 0.191 e. The van der Waals surface area contributed by atoms with Crippen molar-refractivity contribution in [3.8, 4) is 0 Å². The van der Waals surface area contributed by atoms with Crippen LogP contribution in [0, 0.1) is 6.92 Å². The van der Waals surface area contributed by atoms with Crippen molar-refractivity contribution in [1.29, 1.82) is 0 Å². The summed E-state index contributed by atoms with van der Waals surface area (Å²) in [6.45, 7) is 5.78. The van der Waals surface area contributed by atoms with Gasteiger partial charge in [-0.25, -0.2) is 9.98 Å². The fraction of sp³-hybridized carbons (Fsp3) is 0.333. The lowest BCUT2D eigenvalue weighted by molar-refractivity contribution is 0.184. The second kappa shape index (κ2) is 8.42. The van der Waals surface area contributed by atoms with E-state index in [2.05, 4.69) is 38.8 Å². The minimum Gasteiger partial charge on any atom is -0.386 e. The van der Waals surface area contributed by atoms with Gasteiger partial charge in [0.05, 0.1) is 11.6 Å². The third-order valence-electron chi connectivity index (χ3n) is 3.64. The molecule has 5 nitrogen and oxygen atoms in total. The Morgan fingerprint density at radius 2 is 2.12 bits per heavy atom. The van der Waals surface area contributed by atoms with Crippen molar-refractivity contribution in [1.82, 2.24) is 15.6 Å². The van der Waals surface area contributed by atoms with E-state index in [-0.39, 0.29) is 0 Å². The van der Waals surface area contributed by atoms with Crippen LogP contribution in [0.4, 0.5) is 0 Å². The summed E-state index contributed by atoms with van der Waals surface area (Å²) in [4.78, 5) is 10.9. The first-order chi connectivity index (χ1) is 12.2. The molecule has 7 heteroatoms. The third kappa shape index (κ3) is 4.78. The largest absolute Gasteiger partial charge is 0.386 e. The van der Waals surface area contributed by atoms with E-state index in [0.717, 1.165) is 21.3 Å². The van der Waals surface area contributed by atoms with Crippen LogP contribution in [-0.4, -0.2) is 29.1 Å². The smallest absolute Gasteiger partial charge is 0.191 e. The summed E-state index contributed by atoms with van der Waals surface area (Å²) in [5.41, 5.74) is 0. The molecule has 0 bridgehead atoms. The van der Waals surface area contributed by atoms with E-state index in [0.29, 0.717) is 19.0 Å². The molecule has 132 valence electrons. The van der Waals surface area contributed by atoms with Gasteiger partial charge in [0.25, 0.3) is 0 Å². The van der Waals surface area contributed by atoms with E-state index in [1.54, 1.807) is 22.7 Å². The molecule has 0 saturated heterocycles. The molecule has 0 radical (unpaired) electrons. The lowest BCUT2D eigenvalue weighted by Crippen LogP contribution is -2.39. The Balaban J connectivity index is 1.61. The highest BCUT2D eigenvalue weighted by Crippen LogP contribution is 2.29. The van der Waals surface area contributed by atoms with Crippen LogP contribution < -0.4 is 10.6 Å². The molecule has 3 aromatic rings. The SMILES string of the molecule is CCNC(=NCc1cnc(C)s1)NCC(O)c1cc2ccccc2s1. The van der Waals surface area contributed by atoms with E-state index in [9.17, 15) is 5.11 Å². The number of aliphatic hydroxyl groups excluding tert-OH is 1. The van der Waals surface area contributed by atoms with Crippen LogP contribution in [0.25, 0.3) is 10.1 Å². The van der Waals surface area contributed by atoms with Crippen LogP contribution in [0.15, 0.2) is 41.5 Å². The van der Waals surface area contributed by atoms with E-state index >= 15 is 0 Å². The number of aryl methyl sites for hydroxylation is 1. The summed E-state index contributed by atoms with van der Waals surface area (Å²) in [6, 6.07) is 10.2. The minimum atomic E-state index is -0.563. The molecule has 2 heterocycles. The zero-order valence-corrected chi connectivity index (χ0v) is 16.0. The van der Waals surface area contributed by atoms with Crippen molar-refractivity contribution >= 4 is 38.7 Å². The summed E-state index contributed by atoms with van der Waals surface area (Å²) in [5.74, 6) is 0.703. The van der Waals surface area contributed by atoms with Crippen LogP contribution in [0.1, 0.15) is 27.8 Å². The molecule has 1 unspecified atom stereocenters. The molecule has 0 spiro atoms. The van der Waals surface area contributed by atoms with Gasteiger partial charge in [-0.2, -0.15) is 0 Å². The number of aromatic nitrogens is 1. The van der Waals surface area contributed by atoms with Crippen LogP contribution in [0.2, 0.25) is 0 Å². The second-order valence-electron chi connectivity index (χ2n) is 5.62. The van der Waals surface area contributed by atoms with Crippen molar-refractivity contribution in [2.24, 2.45) is 4.99 Å². The van der Waals surface area contributed by atoms with E-state index < -0.39 is 6.10 Å². The Kier molecular flexibility index (Phi) is 6.01. The molecule has 0 amide bonds. The van der Waals surface area contributed by atoms with Gasteiger partial charge in [-0.3, -0.25) is 0 Å². The fourth-order valence-electron chi connectivity index (χ4n) is 2.44. The van der Waals surface area contributed by atoms with Gasteiger partial charge in [0.2, 0.25) is 0 Å². The summed E-state index contributed by atoms with van der Waals surface area (Å²) in [7, 11) is 0. The highest BCUT2D eigenvalue weighted by molar-refractivity contribution is 7.19. The Labute approximate surface area is 155 Å². The minimum absolute atomic E-state index is 0.417. The number of thiophene rings is 1. The summed E-state index contributed by atoms with van der Waals surface area (Å²) < 4.78 is 1.19. The summed E-state index contributed by atoms with van der Waals surface area (Å²) >= 11 is 3.28. The molecule has 1 atom stereocenters. The number of hydrogen-bond acceptors (Lipinski definition) is 5. The summed E-state index contributed by atoms with van der Waals surface area (Å²) in [6.07, 6.45) is 1.30. The zero-order chi connectivity index (χ0) is 17.6. The number of aliphatic imine (C=N–C) groups is 1. The van der Waals surface area contributed by atoms with E-state index in [1.165, 1.54) is 10.1 Å². The first kappa shape index (κ1) is 17.8. The predicted octanol–water partition coefficient (Wildman–Crippen LogP) is 3.45. The molecule has 0 saturated carbocycles. The number of fused-ring (bicyclic) bond motifs is 1. The Morgan fingerprint density at radius 3 is 2.84 bits per heavy atom. The quantitative estimate of drug-likeness (QED) is 0.457. The average molecular weight is 375 g/mol. The van der Waals surface area contributed by atoms with E-state index in [1.807, 2.05) is 32.2 Å². The molecular formula is C18H22N4OS2. The maximum absolute atomic E-state index is 10.5. The van der Waals surface area contributed by atoms with Crippen molar-refractivity contribution in [2.45, 2.75) is 26.5 Å². The molecule has 2 aromatic heterocycles. The lowest BCUT2D eigenvalue weighted by Gasteiger charge is -2.14. The number of benzene rings is 1. The Hall–Kier alpha value is -1.96. The van der Waals surface area contributed by atoms with Gasteiger partial charge in [-0.15, -0.1) is 22.7 Å². The Bertz CT molecular complexity index is 823. The van der Waals surface area contributed by atoms with Gasteiger partial charge >= 0.3 is 0 Å². The number of aliphatic hydroxyl groups is 1. The number of guanidine groups is 1. The topological polar surface area (TPSA) is 69.5 Å².